The number of rotatable bonds is 8. The fourth-order valence-corrected chi connectivity index (χ4v) is 5.44. The predicted octanol–water partition coefficient (Wildman–Crippen LogP) is 4.41. The van der Waals surface area contributed by atoms with Crippen molar-refractivity contribution in [3.8, 4) is 0 Å². The van der Waals surface area contributed by atoms with Gasteiger partial charge < -0.3 is 10.6 Å². The van der Waals surface area contributed by atoms with Crippen molar-refractivity contribution >= 4 is 24.8 Å². The minimum Gasteiger partial charge on any atom is -0.313 e. The minimum atomic E-state index is 0. The molecule has 4 aliphatic rings. The smallest absolute Gasteiger partial charge is 0.0124 e. The van der Waals surface area contributed by atoms with Crippen LogP contribution in [0.1, 0.15) is 65.2 Å². The third kappa shape index (κ3) is 4.32. The van der Waals surface area contributed by atoms with Crippen LogP contribution in [0.5, 0.6) is 0 Å². The van der Waals surface area contributed by atoms with Gasteiger partial charge in [-0.05, 0) is 75.3 Å². The highest BCUT2D eigenvalue weighted by Gasteiger charge is 2.52. The van der Waals surface area contributed by atoms with Gasteiger partial charge in [-0.2, -0.15) is 0 Å². The van der Waals surface area contributed by atoms with Crippen molar-refractivity contribution in [1.82, 2.24) is 10.6 Å². The van der Waals surface area contributed by atoms with Gasteiger partial charge in [0, 0.05) is 12.1 Å². The van der Waals surface area contributed by atoms with Gasteiger partial charge >= 0.3 is 0 Å². The van der Waals surface area contributed by atoms with Gasteiger partial charge in [-0.25, -0.2) is 0 Å². The van der Waals surface area contributed by atoms with Crippen LogP contribution in [-0.4, -0.2) is 25.2 Å². The molecule has 22 heavy (non-hydrogen) atoms. The van der Waals surface area contributed by atoms with E-state index in [4.69, 9.17) is 0 Å². The molecule has 2 N–H and O–H groups in total. The van der Waals surface area contributed by atoms with Crippen LogP contribution < -0.4 is 10.6 Å². The van der Waals surface area contributed by atoms with Crippen LogP contribution in [-0.2, 0) is 0 Å². The largest absolute Gasteiger partial charge is 0.313 e. The van der Waals surface area contributed by atoms with E-state index < -0.39 is 0 Å². The molecule has 0 unspecified atom stereocenters. The van der Waals surface area contributed by atoms with E-state index in [1.54, 1.807) is 0 Å². The number of nitrogens with one attached hydrogen (secondary N) is 2. The van der Waals surface area contributed by atoms with E-state index in [1.165, 1.54) is 64.5 Å². The van der Waals surface area contributed by atoms with Crippen LogP contribution in [0.2, 0.25) is 0 Å². The van der Waals surface area contributed by atoms with Crippen LogP contribution in [0.4, 0.5) is 0 Å². The second-order valence-corrected chi connectivity index (χ2v) is 7.65. The lowest BCUT2D eigenvalue weighted by molar-refractivity contribution is -0.0408. The molecule has 4 rings (SSSR count). The maximum Gasteiger partial charge on any atom is 0.0124 e. The summed E-state index contributed by atoms with van der Waals surface area (Å²) in [6.45, 7) is 7.10. The van der Waals surface area contributed by atoms with E-state index >= 15 is 0 Å². The highest BCUT2D eigenvalue weighted by molar-refractivity contribution is 5.85. The van der Waals surface area contributed by atoms with Crippen molar-refractivity contribution < 1.29 is 0 Å². The van der Waals surface area contributed by atoms with Crippen LogP contribution >= 0.6 is 24.8 Å². The molecule has 0 spiro atoms. The summed E-state index contributed by atoms with van der Waals surface area (Å²) in [5, 5.41) is 7.82. The van der Waals surface area contributed by atoms with Crippen molar-refractivity contribution in [1.29, 1.82) is 0 Å². The lowest BCUT2D eigenvalue weighted by Gasteiger charge is -2.58. The van der Waals surface area contributed by atoms with Gasteiger partial charge in [0.05, 0.1) is 0 Å². The van der Waals surface area contributed by atoms with Gasteiger partial charge in [0.25, 0.3) is 0 Å². The lowest BCUT2D eigenvalue weighted by atomic mass is 9.52. The zero-order valence-electron chi connectivity index (χ0n) is 14.4. The topological polar surface area (TPSA) is 24.1 Å². The first-order chi connectivity index (χ1) is 9.83. The Kier molecular flexibility index (Phi) is 9.07. The zero-order valence-corrected chi connectivity index (χ0v) is 16.0. The fourth-order valence-electron chi connectivity index (χ4n) is 5.44. The van der Waals surface area contributed by atoms with Crippen LogP contribution in [0, 0.1) is 23.7 Å². The second kappa shape index (κ2) is 9.71. The lowest BCUT2D eigenvalue weighted by Crippen LogP contribution is -2.62. The van der Waals surface area contributed by atoms with Gasteiger partial charge in [-0.3, -0.25) is 0 Å². The maximum atomic E-state index is 3.91. The van der Waals surface area contributed by atoms with Crippen LogP contribution in [0.15, 0.2) is 0 Å². The van der Waals surface area contributed by atoms with Gasteiger partial charge in [-0.1, -0.05) is 26.7 Å². The fraction of sp³-hybridized carbons (Fsp3) is 1.00. The molecule has 0 aromatic heterocycles. The van der Waals surface area contributed by atoms with Crippen molar-refractivity contribution in [2.45, 2.75) is 77.3 Å². The Labute approximate surface area is 149 Å². The maximum absolute atomic E-state index is 3.91. The number of hydrogen-bond donors (Lipinski definition) is 2. The first kappa shape index (κ1) is 20.5. The van der Waals surface area contributed by atoms with E-state index in [0.717, 1.165) is 35.8 Å². The Morgan fingerprint density at radius 2 is 0.955 bits per heavy atom. The van der Waals surface area contributed by atoms with Crippen LogP contribution in [0.25, 0.3) is 0 Å². The summed E-state index contributed by atoms with van der Waals surface area (Å²) in [6.07, 6.45) is 11.4. The van der Waals surface area contributed by atoms with Crippen LogP contribution in [0.3, 0.4) is 0 Å². The summed E-state index contributed by atoms with van der Waals surface area (Å²) in [7, 11) is 0. The first-order valence-electron chi connectivity index (χ1n) is 9.30. The van der Waals surface area contributed by atoms with Gasteiger partial charge in [0.15, 0.2) is 0 Å². The summed E-state index contributed by atoms with van der Waals surface area (Å²) in [5.41, 5.74) is 0. The van der Waals surface area contributed by atoms with Gasteiger partial charge in [-0.15, -0.1) is 24.8 Å². The normalized spacial score (nSPS) is 38.5. The first-order valence-corrected chi connectivity index (χ1v) is 9.30. The Morgan fingerprint density at radius 3 is 1.23 bits per heavy atom. The van der Waals surface area contributed by atoms with E-state index in [-0.39, 0.29) is 24.8 Å². The Bertz CT molecular complexity index is 255. The second-order valence-electron chi connectivity index (χ2n) is 7.65. The molecule has 0 aliphatic heterocycles. The minimum absolute atomic E-state index is 0. The van der Waals surface area contributed by atoms with E-state index in [9.17, 15) is 0 Å². The molecule has 2 nitrogen and oxygen atoms in total. The Morgan fingerprint density at radius 1 is 0.636 bits per heavy atom. The molecule has 0 saturated heterocycles. The number of hydrogen-bond acceptors (Lipinski definition) is 2. The standard InChI is InChI=1S/C18H34N2.2ClH/c1-3-5-7-19-17-13-9-15-11-14(17)12-16(10-13)18(15)20-8-6-4-2;;/h13-20H,3-12H2,1-2H3;2*1H. The summed E-state index contributed by atoms with van der Waals surface area (Å²) in [6, 6.07) is 1.73. The number of halogens is 2. The molecule has 0 atom stereocenters. The third-order valence-corrected chi connectivity index (χ3v) is 6.27. The summed E-state index contributed by atoms with van der Waals surface area (Å²) in [4.78, 5) is 0. The zero-order chi connectivity index (χ0) is 13.9. The predicted molar refractivity (Wildman–Crippen MR) is 100 cm³/mol. The van der Waals surface area contributed by atoms with Crippen molar-refractivity contribution in [2.75, 3.05) is 13.1 Å². The molecule has 4 heteroatoms. The van der Waals surface area contributed by atoms with E-state index in [0.29, 0.717) is 0 Å². The number of unbranched alkanes of at least 4 members (excludes halogenated alkanes) is 2. The van der Waals surface area contributed by atoms with Crippen molar-refractivity contribution in [3.63, 3.8) is 0 Å². The van der Waals surface area contributed by atoms with Gasteiger partial charge in [0.1, 0.15) is 0 Å². The molecule has 4 saturated carbocycles. The van der Waals surface area contributed by atoms with Gasteiger partial charge in [0.2, 0.25) is 0 Å². The quantitative estimate of drug-likeness (QED) is 0.633. The summed E-state index contributed by atoms with van der Waals surface area (Å²) >= 11 is 0. The van der Waals surface area contributed by atoms with Crippen molar-refractivity contribution in [3.05, 3.63) is 0 Å². The average molecular weight is 351 g/mol. The average Bonchev–Trinajstić information content (AvgIpc) is 2.43. The van der Waals surface area contributed by atoms with E-state index in [2.05, 4.69) is 24.5 Å². The van der Waals surface area contributed by atoms with E-state index in [1.807, 2.05) is 0 Å². The molecule has 0 heterocycles. The molecule has 0 aromatic carbocycles. The molecular weight excluding hydrogens is 315 g/mol. The molecule has 0 amide bonds. The molecule has 0 aromatic rings. The third-order valence-electron chi connectivity index (χ3n) is 6.27. The SMILES string of the molecule is CCCCNC1C2CC3CC1CC(C2)C3NCCCC.Cl.Cl. The highest BCUT2D eigenvalue weighted by Crippen LogP contribution is 2.53. The van der Waals surface area contributed by atoms with Crippen molar-refractivity contribution in [2.24, 2.45) is 23.7 Å². The molecule has 4 fully saturated rings. The summed E-state index contributed by atoms with van der Waals surface area (Å²) < 4.78 is 0. The highest BCUT2D eigenvalue weighted by atomic mass is 35.5. The monoisotopic (exact) mass is 350 g/mol. The molecule has 0 radical (unpaired) electrons. The molecular formula is C18H36Cl2N2. The Balaban J connectivity index is 0.00000121. The summed E-state index contributed by atoms with van der Waals surface area (Å²) in [5.74, 6) is 3.99. The Hall–Kier alpha value is 0.500. The molecule has 4 aliphatic carbocycles. The molecule has 132 valence electrons. The molecule has 4 bridgehead atoms.